The van der Waals surface area contributed by atoms with Gasteiger partial charge in [0.15, 0.2) is 5.82 Å². The second-order valence-electron chi connectivity index (χ2n) is 4.31. The summed E-state index contributed by atoms with van der Waals surface area (Å²) in [5.41, 5.74) is 1.17. The van der Waals surface area contributed by atoms with Gasteiger partial charge in [0.05, 0.1) is 6.20 Å². The van der Waals surface area contributed by atoms with Crippen LogP contribution in [0, 0.1) is 6.92 Å². The van der Waals surface area contributed by atoms with Crippen LogP contribution in [0.1, 0.15) is 18.4 Å². The average molecular weight is 206 g/mol. The SMILES string of the molecule is Cc1ccnnc1NC1CCCN(C)C1. The number of rotatable bonds is 2. The lowest BCUT2D eigenvalue weighted by Gasteiger charge is -2.30. The molecule has 1 aliphatic heterocycles. The van der Waals surface area contributed by atoms with Gasteiger partial charge in [-0.05, 0) is 45.0 Å². The van der Waals surface area contributed by atoms with Crippen LogP contribution in [0.2, 0.25) is 0 Å². The van der Waals surface area contributed by atoms with Gasteiger partial charge in [-0.3, -0.25) is 0 Å². The molecule has 1 unspecified atom stereocenters. The zero-order valence-electron chi connectivity index (χ0n) is 9.40. The summed E-state index contributed by atoms with van der Waals surface area (Å²) >= 11 is 0. The minimum absolute atomic E-state index is 0.513. The van der Waals surface area contributed by atoms with E-state index in [-0.39, 0.29) is 0 Å². The van der Waals surface area contributed by atoms with Crippen LogP contribution in [-0.4, -0.2) is 41.3 Å². The lowest BCUT2D eigenvalue weighted by Crippen LogP contribution is -2.40. The van der Waals surface area contributed by atoms with Gasteiger partial charge in [0, 0.05) is 12.6 Å². The zero-order chi connectivity index (χ0) is 10.7. The summed E-state index contributed by atoms with van der Waals surface area (Å²) in [6, 6.07) is 2.50. The van der Waals surface area contributed by atoms with Crippen LogP contribution in [0.25, 0.3) is 0 Å². The molecule has 0 spiro atoms. The van der Waals surface area contributed by atoms with Crippen molar-refractivity contribution in [2.75, 3.05) is 25.5 Å². The van der Waals surface area contributed by atoms with E-state index in [0.29, 0.717) is 6.04 Å². The molecule has 1 aromatic rings. The van der Waals surface area contributed by atoms with Gasteiger partial charge in [0.2, 0.25) is 0 Å². The number of nitrogens with zero attached hydrogens (tertiary/aromatic N) is 3. The van der Waals surface area contributed by atoms with Crippen molar-refractivity contribution in [1.29, 1.82) is 0 Å². The van der Waals surface area contributed by atoms with Crippen molar-refractivity contribution >= 4 is 5.82 Å². The molecule has 1 N–H and O–H groups in total. The van der Waals surface area contributed by atoms with Gasteiger partial charge >= 0.3 is 0 Å². The molecule has 4 heteroatoms. The number of hydrogen-bond acceptors (Lipinski definition) is 4. The predicted octanol–water partition coefficient (Wildman–Crippen LogP) is 1.29. The maximum absolute atomic E-state index is 4.12. The van der Waals surface area contributed by atoms with E-state index in [2.05, 4.69) is 34.4 Å². The number of likely N-dealkylation sites (N-methyl/N-ethyl adjacent to an activating group) is 1. The summed E-state index contributed by atoms with van der Waals surface area (Å²) in [7, 11) is 2.16. The minimum atomic E-state index is 0.513. The van der Waals surface area contributed by atoms with Crippen molar-refractivity contribution in [3.8, 4) is 0 Å². The first kappa shape index (κ1) is 10.4. The topological polar surface area (TPSA) is 41.1 Å². The molecular weight excluding hydrogens is 188 g/mol. The molecule has 2 rings (SSSR count). The second kappa shape index (κ2) is 4.57. The summed E-state index contributed by atoms with van der Waals surface area (Å²) in [6.45, 7) is 4.36. The Morgan fingerprint density at radius 3 is 3.13 bits per heavy atom. The fourth-order valence-electron chi connectivity index (χ4n) is 2.01. The Hall–Kier alpha value is -1.16. The monoisotopic (exact) mass is 206 g/mol. The fraction of sp³-hybridized carbons (Fsp3) is 0.636. The number of piperidine rings is 1. The zero-order valence-corrected chi connectivity index (χ0v) is 9.40. The number of likely N-dealkylation sites (tertiary alicyclic amines) is 1. The number of aryl methyl sites for hydroxylation is 1. The van der Waals surface area contributed by atoms with Gasteiger partial charge in [0.1, 0.15) is 0 Å². The van der Waals surface area contributed by atoms with E-state index in [1.54, 1.807) is 6.20 Å². The van der Waals surface area contributed by atoms with Crippen molar-refractivity contribution in [1.82, 2.24) is 15.1 Å². The van der Waals surface area contributed by atoms with Gasteiger partial charge in [-0.2, -0.15) is 5.10 Å². The van der Waals surface area contributed by atoms with E-state index in [9.17, 15) is 0 Å². The van der Waals surface area contributed by atoms with Crippen LogP contribution in [0.4, 0.5) is 5.82 Å². The quantitative estimate of drug-likeness (QED) is 0.791. The van der Waals surface area contributed by atoms with E-state index in [1.165, 1.54) is 24.9 Å². The fourth-order valence-corrected chi connectivity index (χ4v) is 2.01. The standard InChI is InChI=1S/C11H18N4/c1-9-5-6-12-14-11(9)13-10-4-3-7-15(2)8-10/h5-6,10H,3-4,7-8H2,1-2H3,(H,13,14). The maximum Gasteiger partial charge on any atom is 0.151 e. The Kier molecular flexibility index (Phi) is 3.16. The molecule has 0 aliphatic carbocycles. The Morgan fingerprint density at radius 1 is 1.53 bits per heavy atom. The normalized spacial score (nSPS) is 22.7. The molecule has 1 aliphatic rings. The Labute approximate surface area is 90.7 Å². The summed E-state index contributed by atoms with van der Waals surface area (Å²) in [5, 5.41) is 11.5. The average Bonchev–Trinajstić information content (AvgIpc) is 2.22. The van der Waals surface area contributed by atoms with Crippen LogP contribution in [0.15, 0.2) is 12.3 Å². The van der Waals surface area contributed by atoms with Crippen molar-refractivity contribution in [3.05, 3.63) is 17.8 Å². The molecule has 15 heavy (non-hydrogen) atoms. The number of anilines is 1. The molecule has 1 atom stereocenters. The molecule has 1 aromatic heterocycles. The summed E-state index contributed by atoms with van der Waals surface area (Å²) in [5.74, 6) is 0.929. The Balaban J connectivity index is 1.99. The first-order chi connectivity index (χ1) is 7.25. The van der Waals surface area contributed by atoms with Crippen LogP contribution >= 0.6 is 0 Å². The third kappa shape index (κ3) is 2.65. The summed E-state index contributed by atoms with van der Waals surface area (Å²) in [4.78, 5) is 2.35. The number of nitrogens with one attached hydrogen (secondary N) is 1. The van der Waals surface area contributed by atoms with E-state index in [1.807, 2.05) is 6.07 Å². The molecule has 0 amide bonds. The third-order valence-electron chi connectivity index (χ3n) is 2.89. The van der Waals surface area contributed by atoms with Crippen molar-refractivity contribution in [2.24, 2.45) is 0 Å². The highest BCUT2D eigenvalue weighted by Crippen LogP contribution is 2.15. The third-order valence-corrected chi connectivity index (χ3v) is 2.89. The lowest BCUT2D eigenvalue weighted by molar-refractivity contribution is 0.260. The van der Waals surface area contributed by atoms with Crippen LogP contribution in [0.5, 0.6) is 0 Å². The van der Waals surface area contributed by atoms with Gasteiger partial charge in [-0.15, -0.1) is 5.10 Å². The Morgan fingerprint density at radius 2 is 2.40 bits per heavy atom. The van der Waals surface area contributed by atoms with Crippen LogP contribution in [-0.2, 0) is 0 Å². The highest BCUT2D eigenvalue weighted by molar-refractivity contribution is 5.42. The lowest BCUT2D eigenvalue weighted by atomic mass is 10.1. The van der Waals surface area contributed by atoms with Gasteiger partial charge in [0.25, 0.3) is 0 Å². The molecule has 0 radical (unpaired) electrons. The van der Waals surface area contributed by atoms with E-state index in [4.69, 9.17) is 0 Å². The van der Waals surface area contributed by atoms with Crippen LogP contribution < -0.4 is 5.32 Å². The Bertz CT molecular complexity index is 326. The summed E-state index contributed by atoms with van der Waals surface area (Å²) in [6.07, 6.45) is 4.21. The molecule has 2 heterocycles. The van der Waals surface area contributed by atoms with Crippen LogP contribution in [0.3, 0.4) is 0 Å². The predicted molar refractivity (Wildman–Crippen MR) is 60.9 cm³/mol. The van der Waals surface area contributed by atoms with Gasteiger partial charge in [-0.25, -0.2) is 0 Å². The highest BCUT2D eigenvalue weighted by atomic mass is 15.2. The minimum Gasteiger partial charge on any atom is -0.364 e. The molecule has 4 nitrogen and oxygen atoms in total. The molecule has 0 bridgehead atoms. The van der Waals surface area contributed by atoms with Gasteiger partial charge < -0.3 is 10.2 Å². The van der Waals surface area contributed by atoms with E-state index < -0.39 is 0 Å². The highest BCUT2D eigenvalue weighted by Gasteiger charge is 2.17. The van der Waals surface area contributed by atoms with Crippen molar-refractivity contribution < 1.29 is 0 Å². The molecule has 1 saturated heterocycles. The molecular formula is C11H18N4. The van der Waals surface area contributed by atoms with Crippen molar-refractivity contribution in [2.45, 2.75) is 25.8 Å². The van der Waals surface area contributed by atoms with E-state index >= 15 is 0 Å². The smallest absolute Gasteiger partial charge is 0.151 e. The van der Waals surface area contributed by atoms with E-state index in [0.717, 1.165) is 12.4 Å². The first-order valence-electron chi connectivity index (χ1n) is 5.49. The number of aromatic nitrogens is 2. The van der Waals surface area contributed by atoms with Crippen molar-refractivity contribution in [3.63, 3.8) is 0 Å². The maximum atomic E-state index is 4.12. The molecule has 0 aromatic carbocycles. The van der Waals surface area contributed by atoms with Gasteiger partial charge in [-0.1, -0.05) is 0 Å². The number of hydrogen-bond donors (Lipinski definition) is 1. The first-order valence-corrected chi connectivity index (χ1v) is 5.49. The second-order valence-corrected chi connectivity index (χ2v) is 4.31. The molecule has 0 saturated carbocycles. The molecule has 82 valence electrons. The summed E-state index contributed by atoms with van der Waals surface area (Å²) < 4.78 is 0. The molecule has 1 fully saturated rings. The largest absolute Gasteiger partial charge is 0.364 e.